The van der Waals surface area contributed by atoms with Crippen LogP contribution in [0.2, 0.25) is 0 Å². The van der Waals surface area contributed by atoms with Crippen molar-refractivity contribution in [1.82, 2.24) is 4.90 Å². The summed E-state index contributed by atoms with van der Waals surface area (Å²) >= 11 is 0. The molecule has 0 saturated heterocycles. The van der Waals surface area contributed by atoms with E-state index in [2.05, 4.69) is 0 Å². The van der Waals surface area contributed by atoms with Crippen LogP contribution in [0.25, 0.3) is 10.8 Å². The maximum Gasteiger partial charge on any atom is 0.407 e. The third-order valence-electron chi connectivity index (χ3n) is 5.21. The van der Waals surface area contributed by atoms with Gasteiger partial charge in [0.25, 0.3) is 0 Å². The summed E-state index contributed by atoms with van der Waals surface area (Å²) < 4.78 is 13.4. The lowest BCUT2D eigenvalue weighted by Gasteiger charge is -2.37. The van der Waals surface area contributed by atoms with Crippen molar-refractivity contribution in [3.63, 3.8) is 0 Å². The zero-order chi connectivity index (χ0) is 21.2. The Labute approximate surface area is 170 Å². The Morgan fingerprint density at radius 2 is 1.55 bits per heavy atom. The molecule has 0 spiro atoms. The standard InChI is InChI=1S/C24H26FNO3/c1-24(2,3)26(23(28)29)15-21(22(27)17-10-12-20(25)13-11-17)19-9-8-16-6-4-5-7-18(16)14-19/h4-14,21-22,27H,15H2,1-3H3,(H,28,29)/t21-,22+/m1/s1. The second-order valence-corrected chi connectivity index (χ2v) is 8.27. The number of hydrogen-bond acceptors (Lipinski definition) is 2. The third kappa shape index (κ3) is 4.74. The van der Waals surface area contributed by atoms with Gasteiger partial charge in [-0.25, -0.2) is 9.18 Å². The van der Waals surface area contributed by atoms with E-state index in [0.29, 0.717) is 5.56 Å². The summed E-state index contributed by atoms with van der Waals surface area (Å²) in [5, 5.41) is 23.0. The maximum absolute atomic E-state index is 13.4. The second kappa shape index (κ2) is 8.21. The SMILES string of the molecule is CC(C)(C)N(C[C@H](c1ccc2ccccc2c1)[C@@H](O)c1ccc(F)cc1)C(=O)O. The Bertz CT molecular complexity index is 995. The van der Waals surface area contributed by atoms with E-state index in [1.165, 1.54) is 29.2 Å². The van der Waals surface area contributed by atoms with E-state index in [-0.39, 0.29) is 12.4 Å². The Balaban J connectivity index is 2.06. The molecule has 0 aromatic heterocycles. The molecular formula is C24H26FNO3. The summed E-state index contributed by atoms with van der Waals surface area (Å²) in [7, 11) is 0. The predicted molar refractivity (Wildman–Crippen MR) is 113 cm³/mol. The number of hydrogen-bond donors (Lipinski definition) is 2. The van der Waals surface area contributed by atoms with Gasteiger partial charge in [0.2, 0.25) is 0 Å². The number of aliphatic hydroxyl groups excluding tert-OH is 1. The minimum atomic E-state index is -1.05. The number of aliphatic hydroxyl groups is 1. The van der Waals surface area contributed by atoms with Crippen molar-refractivity contribution in [3.8, 4) is 0 Å². The summed E-state index contributed by atoms with van der Waals surface area (Å²) in [6, 6.07) is 19.4. The molecule has 29 heavy (non-hydrogen) atoms. The van der Waals surface area contributed by atoms with Crippen LogP contribution in [0.4, 0.5) is 9.18 Å². The molecule has 0 bridgehead atoms. The molecule has 0 aliphatic heterocycles. The normalized spacial score (nSPS) is 13.8. The van der Waals surface area contributed by atoms with Gasteiger partial charge in [0.05, 0.1) is 6.10 Å². The maximum atomic E-state index is 13.4. The average molecular weight is 395 g/mol. The van der Waals surface area contributed by atoms with Gasteiger partial charge in [-0.3, -0.25) is 0 Å². The highest BCUT2D eigenvalue weighted by Crippen LogP contribution is 2.35. The molecule has 5 heteroatoms. The highest BCUT2D eigenvalue weighted by molar-refractivity contribution is 5.83. The van der Waals surface area contributed by atoms with Crippen molar-refractivity contribution >= 4 is 16.9 Å². The number of benzene rings is 3. The fourth-order valence-corrected chi connectivity index (χ4v) is 3.55. The second-order valence-electron chi connectivity index (χ2n) is 8.27. The summed E-state index contributed by atoms with van der Waals surface area (Å²) in [6.07, 6.45) is -2.03. The van der Waals surface area contributed by atoms with Gasteiger partial charge in [-0.1, -0.05) is 54.6 Å². The van der Waals surface area contributed by atoms with Gasteiger partial charge < -0.3 is 15.1 Å². The predicted octanol–water partition coefficient (Wildman–Crippen LogP) is 5.57. The van der Waals surface area contributed by atoms with Crippen LogP contribution in [0.5, 0.6) is 0 Å². The molecule has 0 aliphatic rings. The highest BCUT2D eigenvalue weighted by atomic mass is 19.1. The highest BCUT2D eigenvalue weighted by Gasteiger charge is 2.33. The van der Waals surface area contributed by atoms with Crippen molar-refractivity contribution in [3.05, 3.63) is 83.7 Å². The van der Waals surface area contributed by atoms with Gasteiger partial charge in [-0.05, 0) is 54.8 Å². The fraction of sp³-hybridized carbons (Fsp3) is 0.292. The number of carbonyl (C=O) groups is 1. The number of rotatable bonds is 5. The largest absolute Gasteiger partial charge is 0.465 e. The summed E-state index contributed by atoms with van der Waals surface area (Å²) in [6.45, 7) is 5.57. The van der Waals surface area contributed by atoms with Gasteiger partial charge in [-0.2, -0.15) is 0 Å². The Kier molecular flexibility index (Phi) is 5.89. The Hall–Kier alpha value is -2.92. The number of amides is 1. The molecule has 0 heterocycles. The van der Waals surface area contributed by atoms with Gasteiger partial charge in [0.1, 0.15) is 5.82 Å². The van der Waals surface area contributed by atoms with Crippen LogP contribution >= 0.6 is 0 Å². The number of carboxylic acid groups (broad SMARTS) is 1. The number of fused-ring (bicyclic) bond motifs is 1. The van der Waals surface area contributed by atoms with Crippen molar-refractivity contribution < 1.29 is 19.4 Å². The first-order chi connectivity index (χ1) is 13.7. The van der Waals surface area contributed by atoms with Crippen LogP contribution in [0.15, 0.2) is 66.7 Å². The summed E-state index contributed by atoms with van der Waals surface area (Å²) in [4.78, 5) is 13.3. The molecule has 0 aliphatic carbocycles. The molecular weight excluding hydrogens is 369 g/mol. The first-order valence-electron chi connectivity index (χ1n) is 9.59. The molecule has 2 atom stereocenters. The molecule has 3 aromatic rings. The van der Waals surface area contributed by atoms with E-state index in [1.54, 1.807) is 0 Å². The van der Waals surface area contributed by atoms with E-state index in [0.717, 1.165) is 16.3 Å². The van der Waals surface area contributed by atoms with Gasteiger partial charge in [0.15, 0.2) is 0 Å². The molecule has 0 saturated carbocycles. The van der Waals surface area contributed by atoms with E-state index in [9.17, 15) is 19.4 Å². The molecule has 0 radical (unpaired) electrons. The topological polar surface area (TPSA) is 60.8 Å². The zero-order valence-corrected chi connectivity index (χ0v) is 16.8. The number of halogens is 1. The monoisotopic (exact) mass is 395 g/mol. The van der Waals surface area contributed by atoms with Gasteiger partial charge in [-0.15, -0.1) is 0 Å². The third-order valence-corrected chi connectivity index (χ3v) is 5.21. The smallest absolute Gasteiger partial charge is 0.407 e. The quantitative estimate of drug-likeness (QED) is 0.593. The molecule has 0 unspecified atom stereocenters. The van der Waals surface area contributed by atoms with Crippen molar-refractivity contribution in [1.29, 1.82) is 0 Å². The van der Waals surface area contributed by atoms with Crippen LogP contribution in [0, 0.1) is 5.82 Å². The zero-order valence-electron chi connectivity index (χ0n) is 16.8. The molecule has 3 aromatic carbocycles. The minimum Gasteiger partial charge on any atom is -0.465 e. The number of nitrogens with zero attached hydrogens (tertiary/aromatic N) is 1. The fourth-order valence-electron chi connectivity index (χ4n) is 3.55. The Morgan fingerprint density at radius 3 is 2.14 bits per heavy atom. The molecule has 4 nitrogen and oxygen atoms in total. The van der Waals surface area contributed by atoms with Crippen LogP contribution in [0.1, 0.15) is 43.9 Å². The first-order valence-corrected chi connectivity index (χ1v) is 9.59. The lowest BCUT2D eigenvalue weighted by Crippen LogP contribution is -2.47. The minimum absolute atomic E-state index is 0.107. The molecule has 1 amide bonds. The van der Waals surface area contributed by atoms with E-state index >= 15 is 0 Å². The van der Waals surface area contributed by atoms with Crippen LogP contribution in [0.3, 0.4) is 0 Å². The lowest BCUT2D eigenvalue weighted by molar-refractivity contribution is 0.0697. The van der Waals surface area contributed by atoms with E-state index < -0.39 is 23.7 Å². The van der Waals surface area contributed by atoms with Crippen LogP contribution < -0.4 is 0 Å². The van der Waals surface area contributed by atoms with Gasteiger partial charge >= 0.3 is 6.09 Å². The first kappa shape index (κ1) is 20.8. The lowest BCUT2D eigenvalue weighted by atomic mass is 9.86. The van der Waals surface area contributed by atoms with E-state index in [1.807, 2.05) is 63.2 Å². The summed E-state index contributed by atoms with van der Waals surface area (Å²) in [5.74, 6) is -0.898. The van der Waals surface area contributed by atoms with Crippen molar-refractivity contribution in [2.75, 3.05) is 6.54 Å². The van der Waals surface area contributed by atoms with Crippen molar-refractivity contribution in [2.24, 2.45) is 0 Å². The van der Waals surface area contributed by atoms with E-state index in [4.69, 9.17) is 0 Å². The molecule has 152 valence electrons. The average Bonchev–Trinajstić information content (AvgIpc) is 2.67. The molecule has 2 N–H and O–H groups in total. The Morgan fingerprint density at radius 1 is 0.966 bits per heavy atom. The van der Waals surface area contributed by atoms with Crippen LogP contribution in [-0.2, 0) is 0 Å². The molecule has 3 rings (SSSR count). The summed E-state index contributed by atoms with van der Waals surface area (Å²) in [5.41, 5.74) is 0.739. The van der Waals surface area contributed by atoms with Crippen LogP contribution in [-0.4, -0.2) is 33.3 Å². The van der Waals surface area contributed by atoms with Gasteiger partial charge in [0, 0.05) is 18.0 Å². The molecule has 0 fully saturated rings. The van der Waals surface area contributed by atoms with Crippen molar-refractivity contribution in [2.45, 2.75) is 38.3 Å².